The van der Waals surface area contributed by atoms with Crippen LogP contribution in [0, 0.1) is 18.3 Å². The number of aryl methyl sites for hydroxylation is 2. The van der Waals surface area contributed by atoms with Crippen LogP contribution in [-0.4, -0.2) is 0 Å². The van der Waals surface area contributed by atoms with Gasteiger partial charge in [0, 0.05) is 22.9 Å². The molecule has 2 aromatic carbocycles. The van der Waals surface area contributed by atoms with Crippen molar-refractivity contribution in [2.24, 2.45) is 7.05 Å². The van der Waals surface area contributed by atoms with Gasteiger partial charge in [0.2, 0.25) is 5.69 Å². The van der Waals surface area contributed by atoms with Crippen LogP contribution in [0.1, 0.15) is 37.5 Å². The molecule has 4 rings (SSSR count). The molecule has 0 saturated heterocycles. The van der Waals surface area contributed by atoms with Crippen molar-refractivity contribution in [3.05, 3.63) is 65.4 Å². The third-order valence-electron chi connectivity index (χ3n) is 5.27. The second-order valence-corrected chi connectivity index (χ2v) is 8.19. The number of benzene rings is 2. The van der Waals surface area contributed by atoms with Crippen LogP contribution in [0.25, 0.3) is 33.2 Å². The topological polar surface area (TPSA) is 40.8 Å². The molecule has 3 nitrogen and oxygen atoms in total. The number of nitrogens with zero attached hydrogens (tertiary/aromatic N) is 2. The Balaban J connectivity index is 2.12. The molecular weight excluding hydrogens is 332 g/mol. The minimum absolute atomic E-state index is 0.0622. The average molecular weight is 355 g/mol. The highest BCUT2D eigenvalue weighted by Gasteiger charge is 2.24. The fourth-order valence-corrected chi connectivity index (χ4v) is 3.65. The Labute approximate surface area is 159 Å². The van der Waals surface area contributed by atoms with E-state index in [4.69, 9.17) is 4.42 Å². The second-order valence-electron chi connectivity index (χ2n) is 8.19. The SMILES string of the molecule is Cc1ccc2c(oc3c(C#N)cccc32)c1-c1cc(C(C)(C)C)cc[n+]1C. The van der Waals surface area contributed by atoms with E-state index in [1.165, 1.54) is 5.56 Å². The summed E-state index contributed by atoms with van der Waals surface area (Å²) in [5.74, 6) is 0. The molecule has 2 aromatic heterocycles. The summed E-state index contributed by atoms with van der Waals surface area (Å²) in [6.45, 7) is 8.77. The molecule has 0 aliphatic heterocycles. The number of fused-ring (bicyclic) bond motifs is 3. The van der Waals surface area contributed by atoms with Gasteiger partial charge in [-0.3, -0.25) is 0 Å². The molecule has 2 heterocycles. The Morgan fingerprint density at radius 2 is 1.74 bits per heavy atom. The Kier molecular flexibility index (Phi) is 3.82. The van der Waals surface area contributed by atoms with Gasteiger partial charge < -0.3 is 4.42 Å². The van der Waals surface area contributed by atoms with Gasteiger partial charge in [0.1, 0.15) is 18.7 Å². The van der Waals surface area contributed by atoms with Crippen molar-refractivity contribution in [2.45, 2.75) is 33.1 Å². The molecule has 0 amide bonds. The smallest absolute Gasteiger partial charge is 0.216 e. The normalized spacial score (nSPS) is 11.9. The molecule has 0 saturated carbocycles. The van der Waals surface area contributed by atoms with Gasteiger partial charge in [0.25, 0.3) is 0 Å². The van der Waals surface area contributed by atoms with E-state index in [9.17, 15) is 5.26 Å². The van der Waals surface area contributed by atoms with Crippen molar-refractivity contribution in [3.8, 4) is 17.3 Å². The molecular formula is C24H23N2O+. The summed E-state index contributed by atoms with van der Waals surface area (Å²) < 4.78 is 8.42. The summed E-state index contributed by atoms with van der Waals surface area (Å²) in [6, 6.07) is 16.6. The van der Waals surface area contributed by atoms with E-state index in [1.807, 2.05) is 12.1 Å². The van der Waals surface area contributed by atoms with Gasteiger partial charge in [-0.15, -0.1) is 0 Å². The molecule has 4 aromatic rings. The lowest BCUT2D eigenvalue weighted by Gasteiger charge is -2.19. The van der Waals surface area contributed by atoms with E-state index >= 15 is 0 Å². The van der Waals surface area contributed by atoms with Crippen LogP contribution in [-0.2, 0) is 12.5 Å². The van der Waals surface area contributed by atoms with Crippen molar-refractivity contribution in [3.63, 3.8) is 0 Å². The molecule has 134 valence electrons. The van der Waals surface area contributed by atoms with Crippen LogP contribution >= 0.6 is 0 Å². The van der Waals surface area contributed by atoms with Crippen LogP contribution in [0.5, 0.6) is 0 Å². The van der Waals surface area contributed by atoms with Crippen molar-refractivity contribution >= 4 is 21.9 Å². The highest BCUT2D eigenvalue weighted by molar-refractivity contribution is 6.10. The summed E-state index contributed by atoms with van der Waals surface area (Å²) in [4.78, 5) is 0. The number of hydrogen-bond donors (Lipinski definition) is 0. The average Bonchev–Trinajstić information content (AvgIpc) is 3.00. The number of furan rings is 1. The van der Waals surface area contributed by atoms with E-state index in [0.29, 0.717) is 11.1 Å². The first-order chi connectivity index (χ1) is 12.8. The van der Waals surface area contributed by atoms with Crippen molar-refractivity contribution in [1.29, 1.82) is 5.26 Å². The molecule has 0 radical (unpaired) electrons. The monoisotopic (exact) mass is 355 g/mol. The van der Waals surface area contributed by atoms with Gasteiger partial charge in [-0.05, 0) is 29.5 Å². The minimum atomic E-state index is 0.0622. The van der Waals surface area contributed by atoms with Crippen LogP contribution in [0.15, 0.2) is 53.1 Å². The van der Waals surface area contributed by atoms with Gasteiger partial charge in [-0.2, -0.15) is 5.26 Å². The molecule has 0 spiro atoms. The summed E-state index contributed by atoms with van der Waals surface area (Å²) in [6.07, 6.45) is 2.11. The van der Waals surface area contributed by atoms with Gasteiger partial charge in [0.05, 0.1) is 11.1 Å². The standard InChI is InChI=1S/C24H23N2O/c1-15-9-10-19-18-8-6-7-16(14-25)22(18)27-23(19)21(15)20-13-17(24(2,3)4)11-12-26(20)5/h6-13H,1-5H3/q+1. The Morgan fingerprint density at radius 1 is 1.00 bits per heavy atom. The van der Waals surface area contributed by atoms with Gasteiger partial charge in [-0.1, -0.05) is 45.0 Å². The quantitative estimate of drug-likeness (QED) is 0.420. The summed E-state index contributed by atoms with van der Waals surface area (Å²) in [7, 11) is 2.06. The van der Waals surface area contributed by atoms with Crippen LogP contribution in [0.4, 0.5) is 0 Å². The number of para-hydroxylation sites is 1. The minimum Gasteiger partial charge on any atom is -0.454 e. The molecule has 0 unspecified atom stereocenters. The highest BCUT2D eigenvalue weighted by atomic mass is 16.3. The lowest BCUT2D eigenvalue weighted by molar-refractivity contribution is -0.660. The maximum absolute atomic E-state index is 9.46. The largest absolute Gasteiger partial charge is 0.454 e. The predicted molar refractivity (Wildman–Crippen MR) is 108 cm³/mol. The fourth-order valence-electron chi connectivity index (χ4n) is 3.65. The van der Waals surface area contributed by atoms with E-state index < -0.39 is 0 Å². The van der Waals surface area contributed by atoms with Gasteiger partial charge in [0.15, 0.2) is 11.8 Å². The summed E-state index contributed by atoms with van der Waals surface area (Å²) >= 11 is 0. The number of rotatable bonds is 1. The maximum atomic E-state index is 9.46. The maximum Gasteiger partial charge on any atom is 0.216 e. The van der Waals surface area contributed by atoms with E-state index in [2.05, 4.69) is 75.8 Å². The molecule has 0 atom stereocenters. The third kappa shape index (κ3) is 2.69. The van der Waals surface area contributed by atoms with Crippen molar-refractivity contribution in [2.75, 3.05) is 0 Å². The fraction of sp³-hybridized carbons (Fsp3) is 0.250. The van der Waals surface area contributed by atoms with Gasteiger partial charge in [-0.25, -0.2) is 4.57 Å². The van der Waals surface area contributed by atoms with E-state index in [1.54, 1.807) is 6.07 Å². The molecule has 3 heteroatoms. The Bertz CT molecular complexity index is 1230. The van der Waals surface area contributed by atoms with Crippen LogP contribution < -0.4 is 4.57 Å². The molecule has 0 fully saturated rings. The van der Waals surface area contributed by atoms with E-state index in [-0.39, 0.29) is 5.41 Å². The number of nitriles is 1. The Morgan fingerprint density at radius 3 is 2.44 bits per heavy atom. The second kappa shape index (κ2) is 5.96. The highest BCUT2D eigenvalue weighted by Crippen LogP contribution is 2.38. The molecule has 0 aliphatic rings. The number of aromatic nitrogens is 1. The number of hydrogen-bond acceptors (Lipinski definition) is 2. The zero-order valence-corrected chi connectivity index (χ0v) is 16.4. The van der Waals surface area contributed by atoms with Crippen molar-refractivity contribution in [1.82, 2.24) is 0 Å². The first-order valence-corrected chi connectivity index (χ1v) is 9.16. The van der Waals surface area contributed by atoms with Crippen LogP contribution in [0.2, 0.25) is 0 Å². The molecule has 0 aliphatic carbocycles. The predicted octanol–water partition coefficient (Wildman–Crippen LogP) is 5.56. The Hall–Kier alpha value is -3.12. The van der Waals surface area contributed by atoms with E-state index in [0.717, 1.165) is 33.2 Å². The molecule has 0 N–H and O–H groups in total. The van der Waals surface area contributed by atoms with Crippen LogP contribution in [0.3, 0.4) is 0 Å². The third-order valence-corrected chi connectivity index (χ3v) is 5.27. The molecule has 27 heavy (non-hydrogen) atoms. The number of pyridine rings is 1. The zero-order chi connectivity index (χ0) is 19.3. The summed E-state index contributed by atoms with van der Waals surface area (Å²) in [5.41, 5.74) is 6.77. The first kappa shape index (κ1) is 17.3. The molecule has 0 bridgehead atoms. The lowest BCUT2D eigenvalue weighted by Crippen LogP contribution is -2.32. The zero-order valence-electron chi connectivity index (χ0n) is 16.4. The van der Waals surface area contributed by atoms with Gasteiger partial charge >= 0.3 is 0 Å². The lowest BCUT2D eigenvalue weighted by atomic mass is 9.86. The van der Waals surface area contributed by atoms with Crippen molar-refractivity contribution < 1.29 is 8.98 Å². The summed E-state index contributed by atoms with van der Waals surface area (Å²) in [5, 5.41) is 11.5. The first-order valence-electron chi connectivity index (χ1n) is 9.16.